The van der Waals surface area contributed by atoms with Crippen molar-refractivity contribution in [3.8, 4) is 0 Å². The molecule has 0 aliphatic carbocycles. The Labute approximate surface area is 130 Å². The van der Waals surface area contributed by atoms with Gasteiger partial charge in [-0.3, -0.25) is 9.13 Å². The van der Waals surface area contributed by atoms with Crippen LogP contribution in [0.4, 0.5) is 0 Å². The summed E-state index contributed by atoms with van der Waals surface area (Å²) in [6.07, 6.45) is -0.782. The molecule has 21 heavy (non-hydrogen) atoms. The molecule has 1 N–H and O–H groups in total. The summed E-state index contributed by atoms with van der Waals surface area (Å²) < 4.78 is 3.17. The van der Waals surface area contributed by atoms with Gasteiger partial charge in [-0.25, -0.2) is 4.79 Å². The van der Waals surface area contributed by atoms with E-state index in [0.29, 0.717) is 5.02 Å². The fourth-order valence-electron chi connectivity index (χ4n) is 2.48. The van der Waals surface area contributed by atoms with Gasteiger partial charge in [-0.05, 0) is 35.6 Å². The molecular weight excluding hydrogens is 308 g/mol. The van der Waals surface area contributed by atoms with E-state index in [2.05, 4.69) is 0 Å². The molecule has 0 aliphatic heterocycles. The average molecular weight is 323 g/mol. The maximum absolute atomic E-state index is 11.9. The number of rotatable bonds is 2. The number of hydrogen-bond donors (Lipinski definition) is 1. The zero-order valence-corrected chi connectivity index (χ0v) is 13.5. The van der Waals surface area contributed by atoms with E-state index >= 15 is 0 Å². The van der Waals surface area contributed by atoms with E-state index < -0.39 is 6.10 Å². The highest BCUT2D eigenvalue weighted by atomic mass is 35.5. The van der Waals surface area contributed by atoms with Gasteiger partial charge in [0.15, 0.2) is 0 Å². The summed E-state index contributed by atoms with van der Waals surface area (Å²) in [6.45, 7) is 1.92. The molecule has 6 heteroatoms. The van der Waals surface area contributed by atoms with Gasteiger partial charge in [-0.1, -0.05) is 17.7 Å². The quantitative estimate of drug-likeness (QED) is 0.788. The van der Waals surface area contributed by atoms with E-state index in [0.717, 1.165) is 27.0 Å². The number of nitrogens with zero attached hydrogens (tertiary/aromatic N) is 2. The minimum atomic E-state index is -0.782. The van der Waals surface area contributed by atoms with Crippen LogP contribution in [0.2, 0.25) is 5.02 Å². The van der Waals surface area contributed by atoms with Crippen molar-refractivity contribution in [3.63, 3.8) is 0 Å². The molecule has 0 bridgehead atoms. The first kappa shape index (κ1) is 14.4. The Morgan fingerprint density at radius 2 is 1.90 bits per heavy atom. The van der Waals surface area contributed by atoms with Crippen molar-refractivity contribution < 1.29 is 5.11 Å². The maximum Gasteiger partial charge on any atom is 0.328 e. The Hall–Kier alpha value is -1.56. The zero-order chi connectivity index (χ0) is 15.3. The SMILES string of the molecule is Cc1csc(C(O)c2ccc3c(c2)n(C)c(=O)n3C)c1Cl. The summed E-state index contributed by atoms with van der Waals surface area (Å²) >= 11 is 7.66. The molecule has 2 aromatic heterocycles. The minimum Gasteiger partial charge on any atom is -0.383 e. The van der Waals surface area contributed by atoms with Crippen LogP contribution in [-0.2, 0) is 14.1 Å². The lowest BCUT2D eigenvalue weighted by atomic mass is 10.1. The number of imidazole rings is 1. The number of aryl methyl sites for hydroxylation is 3. The average Bonchev–Trinajstić information content (AvgIpc) is 2.92. The van der Waals surface area contributed by atoms with Crippen LogP contribution in [0, 0.1) is 6.92 Å². The first-order valence-corrected chi connectivity index (χ1v) is 7.74. The van der Waals surface area contributed by atoms with E-state index in [1.807, 2.05) is 30.5 Å². The number of aromatic nitrogens is 2. The van der Waals surface area contributed by atoms with Crippen molar-refractivity contribution in [2.45, 2.75) is 13.0 Å². The number of benzene rings is 1. The van der Waals surface area contributed by atoms with Crippen LogP contribution >= 0.6 is 22.9 Å². The van der Waals surface area contributed by atoms with Crippen LogP contribution in [0.3, 0.4) is 0 Å². The van der Waals surface area contributed by atoms with E-state index in [1.54, 1.807) is 23.2 Å². The predicted molar refractivity (Wildman–Crippen MR) is 86.3 cm³/mol. The van der Waals surface area contributed by atoms with Gasteiger partial charge in [0.1, 0.15) is 6.10 Å². The van der Waals surface area contributed by atoms with Crippen molar-refractivity contribution >= 4 is 34.0 Å². The predicted octanol–water partition coefficient (Wildman–Crippen LogP) is 2.98. The number of aliphatic hydroxyl groups is 1. The van der Waals surface area contributed by atoms with Crippen molar-refractivity contribution in [1.82, 2.24) is 9.13 Å². The molecule has 1 aromatic carbocycles. The molecule has 0 saturated heterocycles. The molecule has 1 atom stereocenters. The molecule has 0 amide bonds. The van der Waals surface area contributed by atoms with Gasteiger partial charge in [0.05, 0.1) is 20.9 Å². The van der Waals surface area contributed by atoms with Crippen LogP contribution in [0.25, 0.3) is 11.0 Å². The fourth-order valence-corrected chi connectivity index (χ4v) is 3.79. The minimum absolute atomic E-state index is 0.0818. The van der Waals surface area contributed by atoms with Gasteiger partial charge in [0.2, 0.25) is 0 Å². The number of aliphatic hydroxyl groups excluding tert-OH is 1. The van der Waals surface area contributed by atoms with Crippen molar-refractivity contribution in [1.29, 1.82) is 0 Å². The largest absolute Gasteiger partial charge is 0.383 e. The summed E-state index contributed by atoms with van der Waals surface area (Å²) in [5.41, 5.74) is 3.24. The van der Waals surface area contributed by atoms with Crippen LogP contribution in [0.1, 0.15) is 22.1 Å². The lowest BCUT2D eigenvalue weighted by Crippen LogP contribution is -2.19. The second kappa shape index (κ2) is 5.02. The lowest BCUT2D eigenvalue weighted by molar-refractivity contribution is 0.224. The van der Waals surface area contributed by atoms with Gasteiger partial charge < -0.3 is 5.11 Å². The van der Waals surface area contributed by atoms with Gasteiger partial charge >= 0.3 is 5.69 Å². The molecule has 3 aromatic rings. The Morgan fingerprint density at radius 3 is 2.52 bits per heavy atom. The second-order valence-corrected chi connectivity index (χ2v) is 6.44. The molecule has 0 aliphatic rings. The Balaban J connectivity index is 2.15. The highest BCUT2D eigenvalue weighted by Gasteiger charge is 2.19. The van der Waals surface area contributed by atoms with E-state index in [1.165, 1.54) is 11.3 Å². The molecule has 1 unspecified atom stereocenters. The molecule has 0 spiro atoms. The van der Waals surface area contributed by atoms with E-state index in [9.17, 15) is 9.90 Å². The Morgan fingerprint density at radius 1 is 1.24 bits per heavy atom. The van der Waals surface area contributed by atoms with Gasteiger partial charge in [-0.15, -0.1) is 11.3 Å². The van der Waals surface area contributed by atoms with Gasteiger partial charge in [0.25, 0.3) is 0 Å². The number of fused-ring (bicyclic) bond motifs is 1. The van der Waals surface area contributed by atoms with Crippen LogP contribution in [-0.4, -0.2) is 14.2 Å². The molecule has 0 radical (unpaired) electrons. The van der Waals surface area contributed by atoms with Crippen molar-refractivity contribution in [3.05, 3.63) is 55.1 Å². The van der Waals surface area contributed by atoms with Crippen LogP contribution < -0.4 is 5.69 Å². The summed E-state index contributed by atoms with van der Waals surface area (Å²) in [7, 11) is 3.46. The monoisotopic (exact) mass is 322 g/mol. The van der Waals surface area contributed by atoms with Crippen LogP contribution in [0.5, 0.6) is 0 Å². The zero-order valence-electron chi connectivity index (χ0n) is 11.9. The van der Waals surface area contributed by atoms with Gasteiger partial charge in [0, 0.05) is 14.1 Å². The highest BCUT2D eigenvalue weighted by Crippen LogP contribution is 2.36. The highest BCUT2D eigenvalue weighted by molar-refractivity contribution is 7.10. The molecule has 4 nitrogen and oxygen atoms in total. The molecule has 0 saturated carbocycles. The Kier molecular flexibility index (Phi) is 3.43. The third-order valence-corrected chi connectivity index (χ3v) is 5.55. The standard InChI is InChI=1S/C15H15ClN2O2S/c1-8-7-21-14(12(8)16)13(19)9-4-5-10-11(6-9)18(3)15(20)17(10)2/h4-7,13,19H,1-3H3. The third-order valence-electron chi connectivity index (χ3n) is 3.79. The normalized spacial score (nSPS) is 13.0. The summed E-state index contributed by atoms with van der Waals surface area (Å²) in [6, 6.07) is 5.52. The topological polar surface area (TPSA) is 47.2 Å². The molecular formula is C15H15ClN2O2S. The second-order valence-electron chi connectivity index (χ2n) is 5.15. The summed E-state index contributed by atoms with van der Waals surface area (Å²) in [5.74, 6) is 0. The third kappa shape index (κ3) is 2.12. The fraction of sp³-hybridized carbons (Fsp3) is 0.267. The smallest absolute Gasteiger partial charge is 0.328 e. The van der Waals surface area contributed by atoms with Crippen molar-refractivity contribution in [2.24, 2.45) is 14.1 Å². The maximum atomic E-state index is 11.9. The van der Waals surface area contributed by atoms with Gasteiger partial charge in [-0.2, -0.15) is 0 Å². The Bertz CT molecular complexity index is 891. The molecule has 3 rings (SSSR count). The number of halogens is 1. The summed E-state index contributed by atoms with van der Waals surface area (Å²) in [4.78, 5) is 12.7. The molecule has 0 fully saturated rings. The number of thiophene rings is 1. The summed E-state index contributed by atoms with van der Waals surface area (Å²) in [5, 5.41) is 13.1. The molecule has 110 valence electrons. The number of hydrogen-bond acceptors (Lipinski definition) is 3. The van der Waals surface area contributed by atoms with Crippen LogP contribution in [0.15, 0.2) is 28.4 Å². The van der Waals surface area contributed by atoms with Crippen molar-refractivity contribution in [2.75, 3.05) is 0 Å². The lowest BCUT2D eigenvalue weighted by Gasteiger charge is -2.10. The van der Waals surface area contributed by atoms with E-state index in [-0.39, 0.29) is 5.69 Å². The molecule has 2 heterocycles. The first-order valence-electron chi connectivity index (χ1n) is 6.48. The first-order chi connectivity index (χ1) is 9.91. The van der Waals surface area contributed by atoms with E-state index in [4.69, 9.17) is 11.6 Å².